The number of phenolic OH excluding ortho intramolecular Hbond substituents is 3. The van der Waals surface area contributed by atoms with Crippen molar-refractivity contribution in [3.8, 4) is 23.0 Å². The molecule has 0 bridgehead atoms. The van der Waals surface area contributed by atoms with Crippen LogP contribution >= 0.6 is 0 Å². The largest absolute Gasteiger partial charge is 0.507 e. The zero-order chi connectivity index (χ0) is 13.3. The first-order chi connectivity index (χ1) is 8.49. The number of carbonyl (C=O) groups excluding carboxylic acids is 1. The summed E-state index contributed by atoms with van der Waals surface area (Å²) in [6, 6.07) is 2.98. The second-order valence-electron chi connectivity index (χ2n) is 3.62. The zero-order valence-electron chi connectivity index (χ0n) is 9.03. The Morgan fingerprint density at radius 3 is 2.22 bits per heavy atom. The van der Waals surface area contributed by atoms with Gasteiger partial charge in [0.05, 0.1) is 11.8 Å². The fourth-order valence-corrected chi connectivity index (χ4v) is 1.46. The highest BCUT2D eigenvalue weighted by atomic mass is 16.3. The maximum Gasteiger partial charge on any atom is 0.198 e. The second kappa shape index (κ2) is 4.25. The summed E-state index contributed by atoms with van der Waals surface area (Å²) >= 11 is 0. The summed E-state index contributed by atoms with van der Waals surface area (Å²) in [6.07, 6.45) is 2.37. The van der Waals surface area contributed by atoms with Gasteiger partial charge in [-0.15, -0.1) is 0 Å². The van der Waals surface area contributed by atoms with Crippen LogP contribution in [-0.2, 0) is 0 Å². The first-order valence-electron chi connectivity index (χ1n) is 4.92. The topological polar surface area (TPSA) is 111 Å². The molecule has 1 aromatic heterocycles. The predicted molar refractivity (Wildman–Crippen MR) is 60.8 cm³/mol. The van der Waals surface area contributed by atoms with E-state index >= 15 is 0 Å². The van der Waals surface area contributed by atoms with Gasteiger partial charge in [0.1, 0.15) is 11.5 Å². The molecule has 0 spiro atoms. The molecule has 0 atom stereocenters. The van der Waals surface area contributed by atoms with Gasteiger partial charge in [-0.3, -0.25) is 9.78 Å². The quantitative estimate of drug-likeness (QED) is 0.359. The van der Waals surface area contributed by atoms with Crippen LogP contribution in [0, 0.1) is 0 Å². The number of phenols is 3. The summed E-state index contributed by atoms with van der Waals surface area (Å²) in [5, 5.41) is 37.2. The highest BCUT2D eigenvalue weighted by molar-refractivity contribution is 6.11. The number of hydrogen-bond acceptors (Lipinski definition) is 6. The maximum atomic E-state index is 12.0. The van der Waals surface area contributed by atoms with Gasteiger partial charge in [0.25, 0.3) is 0 Å². The Labute approximate surface area is 101 Å². The van der Waals surface area contributed by atoms with Crippen molar-refractivity contribution in [3.63, 3.8) is 0 Å². The molecular weight excluding hydrogens is 238 g/mol. The molecule has 2 aromatic rings. The van der Waals surface area contributed by atoms with Gasteiger partial charge in [-0.05, 0) is 12.1 Å². The van der Waals surface area contributed by atoms with Gasteiger partial charge in [-0.1, -0.05) is 0 Å². The van der Waals surface area contributed by atoms with Gasteiger partial charge in [0.2, 0.25) is 0 Å². The minimum absolute atomic E-state index is 0.0513. The van der Waals surface area contributed by atoms with Crippen molar-refractivity contribution in [2.45, 2.75) is 0 Å². The van der Waals surface area contributed by atoms with Crippen molar-refractivity contribution in [3.05, 3.63) is 41.7 Å². The van der Waals surface area contributed by atoms with Crippen LogP contribution in [0.3, 0.4) is 0 Å². The molecule has 0 radical (unpaired) electrons. The van der Waals surface area contributed by atoms with E-state index in [1.165, 1.54) is 12.3 Å². The Kier molecular flexibility index (Phi) is 2.77. The minimum Gasteiger partial charge on any atom is -0.507 e. The van der Waals surface area contributed by atoms with Crippen LogP contribution in [-0.4, -0.2) is 31.2 Å². The van der Waals surface area contributed by atoms with Crippen LogP contribution in [0.1, 0.15) is 15.9 Å². The molecule has 0 unspecified atom stereocenters. The van der Waals surface area contributed by atoms with E-state index in [1.54, 1.807) is 0 Å². The van der Waals surface area contributed by atoms with E-state index < -0.39 is 23.0 Å². The molecular formula is C12H9NO5. The molecule has 1 heterocycles. The monoisotopic (exact) mass is 247 g/mol. The van der Waals surface area contributed by atoms with Gasteiger partial charge >= 0.3 is 0 Å². The van der Waals surface area contributed by atoms with Crippen LogP contribution in [0.4, 0.5) is 0 Å². The van der Waals surface area contributed by atoms with E-state index in [4.69, 9.17) is 5.11 Å². The van der Waals surface area contributed by atoms with E-state index in [0.717, 1.165) is 18.3 Å². The molecule has 18 heavy (non-hydrogen) atoms. The Morgan fingerprint density at radius 1 is 0.889 bits per heavy atom. The Hall–Kier alpha value is -2.76. The Bertz CT molecular complexity index is 624. The lowest BCUT2D eigenvalue weighted by Crippen LogP contribution is -2.02. The number of aromatic nitrogens is 1. The van der Waals surface area contributed by atoms with Crippen LogP contribution in [0.25, 0.3) is 0 Å². The van der Waals surface area contributed by atoms with Gasteiger partial charge in [-0.25, -0.2) is 0 Å². The van der Waals surface area contributed by atoms with E-state index in [-0.39, 0.29) is 16.9 Å². The molecule has 6 nitrogen and oxygen atoms in total. The predicted octanol–water partition coefficient (Wildman–Crippen LogP) is 1.14. The number of pyridine rings is 1. The fourth-order valence-electron chi connectivity index (χ4n) is 1.46. The summed E-state index contributed by atoms with van der Waals surface area (Å²) in [5.74, 6) is -2.35. The first kappa shape index (κ1) is 11.7. The average molecular weight is 247 g/mol. The van der Waals surface area contributed by atoms with Gasteiger partial charge < -0.3 is 20.4 Å². The first-order valence-corrected chi connectivity index (χ1v) is 4.92. The molecule has 1 aromatic carbocycles. The number of carbonyl (C=O) groups is 1. The molecule has 2 rings (SSSR count). The summed E-state index contributed by atoms with van der Waals surface area (Å²) in [6.45, 7) is 0. The minimum atomic E-state index is -0.633. The number of ketones is 1. The van der Waals surface area contributed by atoms with E-state index in [1.807, 2.05) is 0 Å². The number of hydrogen-bond donors (Lipinski definition) is 4. The number of aromatic hydroxyl groups is 4. The molecule has 0 saturated carbocycles. The molecule has 0 fully saturated rings. The van der Waals surface area contributed by atoms with E-state index in [0.29, 0.717) is 0 Å². The molecule has 0 amide bonds. The molecule has 0 aliphatic heterocycles. The molecule has 0 aliphatic carbocycles. The molecule has 4 N–H and O–H groups in total. The van der Waals surface area contributed by atoms with Crippen LogP contribution < -0.4 is 0 Å². The second-order valence-corrected chi connectivity index (χ2v) is 3.62. The van der Waals surface area contributed by atoms with Crippen LogP contribution in [0.2, 0.25) is 0 Å². The van der Waals surface area contributed by atoms with Crippen molar-refractivity contribution in [1.29, 1.82) is 0 Å². The van der Waals surface area contributed by atoms with E-state index in [9.17, 15) is 20.1 Å². The standard InChI is InChI=1S/C12H9NO5/c14-7-1-6(4-13-5-7)12(18)8-2-10(16)11(17)3-9(8)15/h1-5,14-17H. The number of benzene rings is 1. The Morgan fingerprint density at radius 2 is 1.56 bits per heavy atom. The van der Waals surface area contributed by atoms with Crippen LogP contribution in [0.15, 0.2) is 30.6 Å². The SMILES string of the molecule is O=C(c1cncc(O)c1)c1cc(O)c(O)cc1O. The zero-order valence-corrected chi connectivity index (χ0v) is 9.03. The van der Waals surface area contributed by atoms with Crippen molar-refractivity contribution in [1.82, 2.24) is 4.98 Å². The van der Waals surface area contributed by atoms with Crippen molar-refractivity contribution < 1.29 is 25.2 Å². The van der Waals surface area contributed by atoms with Crippen molar-refractivity contribution in [2.75, 3.05) is 0 Å². The highest BCUT2D eigenvalue weighted by Crippen LogP contribution is 2.33. The number of rotatable bonds is 2. The third-order valence-electron chi connectivity index (χ3n) is 2.32. The van der Waals surface area contributed by atoms with E-state index in [2.05, 4.69) is 4.98 Å². The third kappa shape index (κ3) is 2.03. The van der Waals surface area contributed by atoms with Gasteiger partial charge in [0, 0.05) is 17.8 Å². The lowest BCUT2D eigenvalue weighted by atomic mass is 10.0. The Balaban J connectivity index is 2.49. The summed E-state index contributed by atoms with van der Waals surface area (Å²) in [4.78, 5) is 15.6. The van der Waals surface area contributed by atoms with Gasteiger partial charge in [-0.2, -0.15) is 0 Å². The molecule has 92 valence electrons. The lowest BCUT2D eigenvalue weighted by Gasteiger charge is -2.06. The number of nitrogens with zero attached hydrogens (tertiary/aromatic N) is 1. The summed E-state index contributed by atoms with van der Waals surface area (Å²) < 4.78 is 0. The molecule has 0 aliphatic rings. The molecule has 6 heteroatoms. The summed E-state index contributed by atoms with van der Waals surface area (Å²) in [5.41, 5.74) is -0.145. The van der Waals surface area contributed by atoms with Gasteiger partial charge in [0.15, 0.2) is 17.3 Å². The highest BCUT2D eigenvalue weighted by Gasteiger charge is 2.17. The van der Waals surface area contributed by atoms with Crippen molar-refractivity contribution >= 4 is 5.78 Å². The maximum absolute atomic E-state index is 12.0. The van der Waals surface area contributed by atoms with Crippen LogP contribution in [0.5, 0.6) is 23.0 Å². The summed E-state index contributed by atoms with van der Waals surface area (Å²) in [7, 11) is 0. The fraction of sp³-hybridized carbons (Fsp3) is 0. The third-order valence-corrected chi connectivity index (χ3v) is 2.32. The smallest absolute Gasteiger partial charge is 0.198 e. The molecule has 0 saturated heterocycles. The normalized spacial score (nSPS) is 10.2. The average Bonchev–Trinajstić information content (AvgIpc) is 2.33. The lowest BCUT2D eigenvalue weighted by molar-refractivity contribution is 0.103. The van der Waals surface area contributed by atoms with Crippen molar-refractivity contribution in [2.24, 2.45) is 0 Å².